The number of halogens is 3. The first-order valence-corrected chi connectivity index (χ1v) is 7.95. The average Bonchev–Trinajstić information content (AvgIpc) is 2.27. The first-order chi connectivity index (χ1) is 9.16. The standard InChI is InChI=1S/C12H16F3NO3S/c1-20(17,18)8-2-7-16-9-10-3-5-11(6-4-10)19-12(13,14)15/h3-6,16H,2,7-9H2,1H3. The summed E-state index contributed by atoms with van der Waals surface area (Å²) in [5, 5.41) is 3.01. The number of rotatable bonds is 7. The van der Waals surface area contributed by atoms with Crippen molar-refractivity contribution < 1.29 is 26.3 Å². The van der Waals surface area contributed by atoms with Crippen LogP contribution in [0, 0.1) is 0 Å². The second-order valence-corrected chi connectivity index (χ2v) is 6.61. The number of alkyl halides is 3. The molecular weight excluding hydrogens is 295 g/mol. The van der Waals surface area contributed by atoms with Crippen LogP contribution in [0.25, 0.3) is 0 Å². The van der Waals surface area contributed by atoms with Gasteiger partial charge < -0.3 is 10.1 Å². The summed E-state index contributed by atoms with van der Waals surface area (Å²) in [7, 11) is -2.96. The van der Waals surface area contributed by atoms with Crippen LogP contribution < -0.4 is 10.1 Å². The molecule has 4 nitrogen and oxygen atoms in total. The molecule has 1 rings (SSSR count). The molecule has 0 heterocycles. The van der Waals surface area contributed by atoms with E-state index in [1.807, 2.05) is 0 Å². The van der Waals surface area contributed by atoms with E-state index in [0.717, 1.165) is 5.56 Å². The maximum Gasteiger partial charge on any atom is 0.573 e. The van der Waals surface area contributed by atoms with Crippen molar-refractivity contribution in [2.75, 3.05) is 18.6 Å². The maximum atomic E-state index is 11.9. The monoisotopic (exact) mass is 311 g/mol. The first-order valence-electron chi connectivity index (χ1n) is 5.89. The van der Waals surface area contributed by atoms with Gasteiger partial charge >= 0.3 is 6.36 Å². The Morgan fingerprint density at radius 3 is 2.30 bits per heavy atom. The summed E-state index contributed by atoms with van der Waals surface area (Å²) >= 11 is 0. The Morgan fingerprint density at radius 2 is 1.80 bits per heavy atom. The van der Waals surface area contributed by atoms with Crippen molar-refractivity contribution in [1.82, 2.24) is 5.32 Å². The summed E-state index contributed by atoms with van der Waals surface area (Å²) in [4.78, 5) is 0. The first kappa shape index (κ1) is 16.8. The molecular formula is C12H16F3NO3S. The van der Waals surface area contributed by atoms with Crippen LogP contribution in [0.5, 0.6) is 5.75 Å². The Balaban J connectivity index is 2.32. The lowest BCUT2D eigenvalue weighted by atomic mass is 10.2. The second kappa shape index (κ2) is 6.94. The van der Waals surface area contributed by atoms with E-state index in [1.54, 1.807) is 0 Å². The fraction of sp³-hybridized carbons (Fsp3) is 0.500. The smallest absolute Gasteiger partial charge is 0.406 e. The van der Waals surface area contributed by atoms with Gasteiger partial charge in [-0.2, -0.15) is 0 Å². The van der Waals surface area contributed by atoms with E-state index >= 15 is 0 Å². The maximum absolute atomic E-state index is 11.9. The molecule has 0 aliphatic heterocycles. The molecule has 0 aromatic heterocycles. The van der Waals surface area contributed by atoms with Gasteiger partial charge in [0.25, 0.3) is 0 Å². The van der Waals surface area contributed by atoms with Gasteiger partial charge in [0, 0.05) is 12.8 Å². The van der Waals surface area contributed by atoms with Crippen molar-refractivity contribution >= 4 is 9.84 Å². The van der Waals surface area contributed by atoms with Crippen molar-refractivity contribution in [3.63, 3.8) is 0 Å². The van der Waals surface area contributed by atoms with E-state index in [-0.39, 0.29) is 11.5 Å². The summed E-state index contributed by atoms with van der Waals surface area (Å²) in [5.41, 5.74) is 0.791. The van der Waals surface area contributed by atoms with Gasteiger partial charge in [-0.25, -0.2) is 8.42 Å². The number of hydrogen-bond donors (Lipinski definition) is 1. The molecule has 0 bridgehead atoms. The Bertz CT molecular complexity index is 512. The van der Waals surface area contributed by atoms with Gasteiger partial charge in [0.05, 0.1) is 5.75 Å². The molecule has 1 N–H and O–H groups in total. The highest BCUT2D eigenvalue weighted by atomic mass is 32.2. The molecule has 0 saturated heterocycles. The second-order valence-electron chi connectivity index (χ2n) is 4.35. The van der Waals surface area contributed by atoms with Gasteiger partial charge in [0.15, 0.2) is 0 Å². The molecule has 20 heavy (non-hydrogen) atoms. The Morgan fingerprint density at radius 1 is 1.20 bits per heavy atom. The highest BCUT2D eigenvalue weighted by Crippen LogP contribution is 2.22. The molecule has 0 unspecified atom stereocenters. The summed E-state index contributed by atoms with van der Waals surface area (Å²) in [6, 6.07) is 5.51. The van der Waals surface area contributed by atoms with Gasteiger partial charge in [-0.05, 0) is 30.7 Å². The minimum Gasteiger partial charge on any atom is -0.406 e. The molecule has 0 radical (unpaired) electrons. The van der Waals surface area contributed by atoms with Crippen molar-refractivity contribution in [2.24, 2.45) is 0 Å². The molecule has 0 atom stereocenters. The van der Waals surface area contributed by atoms with E-state index in [9.17, 15) is 21.6 Å². The Hall–Kier alpha value is -1.28. The number of hydrogen-bond acceptors (Lipinski definition) is 4. The van der Waals surface area contributed by atoms with Crippen LogP contribution in [0.4, 0.5) is 13.2 Å². The number of nitrogens with one attached hydrogen (secondary N) is 1. The molecule has 0 aliphatic carbocycles. The molecule has 1 aromatic rings. The highest BCUT2D eigenvalue weighted by molar-refractivity contribution is 7.90. The van der Waals surface area contributed by atoms with Gasteiger partial charge in [-0.1, -0.05) is 12.1 Å². The number of benzene rings is 1. The van der Waals surface area contributed by atoms with Crippen LogP contribution in [-0.2, 0) is 16.4 Å². The summed E-state index contributed by atoms with van der Waals surface area (Å²) in [6.45, 7) is 0.976. The lowest BCUT2D eigenvalue weighted by molar-refractivity contribution is -0.274. The third-order valence-electron chi connectivity index (χ3n) is 2.35. The molecule has 8 heteroatoms. The van der Waals surface area contributed by atoms with E-state index < -0.39 is 16.2 Å². The zero-order chi connectivity index (χ0) is 15.2. The summed E-state index contributed by atoms with van der Waals surface area (Å²) in [6.07, 6.45) is -3.02. The van der Waals surface area contributed by atoms with Gasteiger partial charge in [0.2, 0.25) is 0 Å². The molecule has 0 spiro atoms. The van der Waals surface area contributed by atoms with Crippen LogP contribution in [0.3, 0.4) is 0 Å². The summed E-state index contributed by atoms with van der Waals surface area (Å²) < 4.78 is 61.3. The van der Waals surface area contributed by atoms with Gasteiger partial charge in [0.1, 0.15) is 15.6 Å². The van der Waals surface area contributed by atoms with Crippen LogP contribution in [0.2, 0.25) is 0 Å². The van der Waals surface area contributed by atoms with Crippen molar-refractivity contribution in [1.29, 1.82) is 0 Å². The highest BCUT2D eigenvalue weighted by Gasteiger charge is 2.30. The Kier molecular flexibility index (Phi) is 5.82. The lowest BCUT2D eigenvalue weighted by Crippen LogP contribution is -2.18. The van der Waals surface area contributed by atoms with E-state index in [2.05, 4.69) is 10.1 Å². The fourth-order valence-electron chi connectivity index (χ4n) is 1.50. The van der Waals surface area contributed by atoms with E-state index in [4.69, 9.17) is 0 Å². The summed E-state index contributed by atoms with van der Waals surface area (Å²) in [5.74, 6) is -0.156. The van der Waals surface area contributed by atoms with E-state index in [0.29, 0.717) is 19.5 Å². The third kappa shape index (κ3) is 8.00. The van der Waals surface area contributed by atoms with Gasteiger partial charge in [-0.3, -0.25) is 0 Å². The van der Waals surface area contributed by atoms with E-state index in [1.165, 1.54) is 30.5 Å². The molecule has 0 saturated carbocycles. The molecule has 0 fully saturated rings. The minimum atomic E-state index is -4.69. The third-order valence-corrected chi connectivity index (χ3v) is 3.38. The van der Waals surface area contributed by atoms with Gasteiger partial charge in [-0.15, -0.1) is 13.2 Å². The molecule has 1 aromatic carbocycles. The van der Waals surface area contributed by atoms with Crippen molar-refractivity contribution in [2.45, 2.75) is 19.3 Å². The van der Waals surface area contributed by atoms with Crippen LogP contribution in [0.15, 0.2) is 24.3 Å². The van der Waals surface area contributed by atoms with Crippen LogP contribution in [-0.4, -0.2) is 33.3 Å². The van der Waals surface area contributed by atoms with Crippen molar-refractivity contribution in [3.05, 3.63) is 29.8 Å². The molecule has 0 aliphatic rings. The van der Waals surface area contributed by atoms with Crippen molar-refractivity contribution in [3.8, 4) is 5.75 Å². The normalized spacial score (nSPS) is 12.4. The SMILES string of the molecule is CS(=O)(=O)CCCNCc1ccc(OC(F)(F)F)cc1. The zero-order valence-corrected chi connectivity index (χ0v) is 11.7. The topological polar surface area (TPSA) is 55.4 Å². The van der Waals surface area contributed by atoms with Crippen LogP contribution >= 0.6 is 0 Å². The molecule has 0 amide bonds. The predicted molar refractivity (Wildman–Crippen MR) is 69.2 cm³/mol. The van der Waals surface area contributed by atoms with Crippen LogP contribution in [0.1, 0.15) is 12.0 Å². The Labute approximate surface area is 115 Å². The average molecular weight is 311 g/mol. The predicted octanol–water partition coefficient (Wildman–Crippen LogP) is 2.11. The number of ether oxygens (including phenoxy) is 1. The molecule has 114 valence electrons. The minimum absolute atomic E-state index is 0.109. The zero-order valence-electron chi connectivity index (χ0n) is 10.9. The largest absolute Gasteiger partial charge is 0.573 e. The quantitative estimate of drug-likeness (QED) is 0.784. The number of sulfone groups is 1. The fourth-order valence-corrected chi connectivity index (χ4v) is 2.17. The lowest BCUT2D eigenvalue weighted by Gasteiger charge is -2.09.